The molecule has 0 amide bonds. The topological polar surface area (TPSA) is 88.4 Å². The molecule has 2 N–H and O–H groups in total. The summed E-state index contributed by atoms with van der Waals surface area (Å²) in [4.78, 5) is 10.9. The van der Waals surface area contributed by atoms with Gasteiger partial charge in [-0.1, -0.05) is 0 Å². The first-order valence-corrected chi connectivity index (χ1v) is 8.51. The van der Waals surface area contributed by atoms with Crippen LogP contribution in [0.25, 0.3) is 0 Å². The van der Waals surface area contributed by atoms with Crippen molar-refractivity contribution < 1.29 is 18.3 Å². The summed E-state index contributed by atoms with van der Waals surface area (Å²) in [6.45, 7) is 0.409. The molecule has 0 radical (unpaired) electrons. The van der Waals surface area contributed by atoms with Gasteiger partial charge in [0.05, 0.1) is 0 Å². The Balaban J connectivity index is 2.10. The minimum Gasteiger partial charge on any atom is -0.477 e. The number of carboxylic acids is 1. The van der Waals surface area contributed by atoms with Gasteiger partial charge in [-0.05, 0) is 29.9 Å². The van der Waals surface area contributed by atoms with Crippen molar-refractivity contribution in [2.24, 2.45) is 13.0 Å². The molecule has 1 aliphatic rings. The molecule has 19 heavy (non-hydrogen) atoms. The van der Waals surface area contributed by atoms with Gasteiger partial charge in [-0.2, -0.15) is 11.8 Å². The van der Waals surface area contributed by atoms with Crippen LogP contribution >= 0.6 is 11.8 Å². The fourth-order valence-electron chi connectivity index (χ4n) is 1.95. The van der Waals surface area contributed by atoms with Crippen molar-refractivity contribution in [1.82, 2.24) is 9.29 Å². The SMILES string of the molecule is Cn1cc(S(=O)(=O)NCC2CCSC2)cc1C(=O)O. The molecule has 0 aromatic carbocycles. The molecule has 1 unspecified atom stereocenters. The number of aromatic nitrogens is 1. The predicted molar refractivity (Wildman–Crippen MR) is 73.0 cm³/mol. The number of thioether (sulfide) groups is 1. The van der Waals surface area contributed by atoms with Crippen LogP contribution in [-0.2, 0) is 17.1 Å². The average Bonchev–Trinajstić information content (AvgIpc) is 2.95. The molecule has 0 saturated carbocycles. The third-order valence-electron chi connectivity index (χ3n) is 3.10. The van der Waals surface area contributed by atoms with E-state index >= 15 is 0 Å². The van der Waals surface area contributed by atoms with Gasteiger partial charge in [0, 0.05) is 19.8 Å². The van der Waals surface area contributed by atoms with E-state index < -0.39 is 16.0 Å². The predicted octanol–water partition coefficient (Wildman–Crippen LogP) is 0.755. The molecule has 0 spiro atoms. The van der Waals surface area contributed by atoms with Gasteiger partial charge in [0.25, 0.3) is 0 Å². The first kappa shape index (κ1) is 14.4. The van der Waals surface area contributed by atoms with Crippen LogP contribution < -0.4 is 4.72 Å². The van der Waals surface area contributed by atoms with Crippen LogP contribution in [-0.4, -0.2) is 42.1 Å². The fraction of sp³-hybridized carbons (Fsp3) is 0.545. The summed E-state index contributed by atoms with van der Waals surface area (Å²) in [6, 6.07) is 1.17. The number of nitrogens with zero attached hydrogens (tertiary/aromatic N) is 1. The summed E-state index contributed by atoms with van der Waals surface area (Å²) in [7, 11) is -2.12. The highest BCUT2D eigenvalue weighted by atomic mass is 32.2. The van der Waals surface area contributed by atoms with E-state index in [1.165, 1.54) is 23.9 Å². The zero-order valence-electron chi connectivity index (χ0n) is 10.5. The summed E-state index contributed by atoms with van der Waals surface area (Å²) in [5.74, 6) is 1.26. The molecule has 106 valence electrons. The van der Waals surface area contributed by atoms with Gasteiger partial charge in [-0.25, -0.2) is 17.9 Å². The van der Waals surface area contributed by atoms with Crippen LogP contribution in [0.1, 0.15) is 16.9 Å². The van der Waals surface area contributed by atoms with Gasteiger partial charge in [-0.3, -0.25) is 0 Å². The minimum absolute atomic E-state index is 0.00181. The first-order valence-electron chi connectivity index (χ1n) is 5.87. The number of hydrogen-bond acceptors (Lipinski definition) is 4. The van der Waals surface area contributed by atoms with Crippen LogP contribution in [0.3, 0.4) is 0 Å². The number of sulfonamides is 1. The van der Waals surface area contributed by atoms with E-state index in [2.05, 4.69) is 4.72 Å². The van der Waals surface area contributed by atoms with E-state index in [1.54, 1.807) is 0 Å². The van der Waals surface area contributed by atoms with E-state index in [0.717, 1.165) is 17.9 Å². The summed E-state index contributed by atoms with van der Waals surface area (Å²) in [6.07, 6.45) is 2.33. The number of carbonyl (C=O) groups is 1. The van der Waals surface area contributed by atoms with Gasteiger partial charge >= 0.3 is 5.97 Å². The Bertz CT molecular complexity index is 574. The molecule has 1 aromatic rings. The van der Waals surface area contributed by atoms with Crippen LogP contribution in [0.15, 0.2) is 17.2 Å². The number of hydrogen-bond donors (Lipinski definition) is 2. The highest BCUT2D eigenvalue weighted by Gasteiger charge is 2.22. The third kappa shape index (κ3) is 3.31. The Kier molecular flexibility index (Phi) is 4.22. The van der Waals surface area contributed by atoms with Gasteiger partial charge in [0.1, 0.15) is 10.6 Å². The van der Waals surface area contributed by atoms with Crippen molar-refractivity contribution in [2.45, 2.75) is 11.3 Å². The van der Waals surface area contributed by atoms with E-state index in [9.17, 15) is 13.2 Å². The van der Waals surface area contributed by atoms with Crippen molar-refractivity contribution in [1.29, 1.82) is 0 Å². The second-order valence-electron chi connectivity index (χ2n) is 4.56. The van der Waals surface area contributed by atoms with Crippen LogP contribution in [0, 0.1) is 5.92 Å². The minimum atomic E-state index is -3.63. The van der Waals surface area contributed by atoms with E-state index in [-0.39, 0.29) is 10.6 Å². The van der Waals surface area contributed by atoms with Crippen LogP contribution in [0.2, 0.25) is 0 Å². The smallest absolute Gasteiger partial charge is 0.352 e. The maximum Gasteiger partial charge on any atom is 0.352 e. The Hall–Kier alpha value is -0.990. The third-order valence-corrected chi connectivity index (χ3v) is 5.72. The Morgan fingerprint density at radius 3 is 2.89 bits per heavy atom. The molecule has 1 aliphatic heterocycles. The van der Waals surface area contributed by atoms with Crippen molar-refractivity contribution in [3.63, 3.8) is 0 Å². The number of rotatable bonds is 5. The van der Waals surface area contributed by atoms with E-state index in [1.807, 2.05) is 11.8 Å². The second-order valence-corrected chi connectivity index (χ2v) is 7.48. The highest BCUT2D eigenvalue weighted by molar-refractivity contribution is 7.99. The van der Waals surface area contributed by atoms with E-state index in [4.69, 9.17) is 5.11 Å². The standard InChI is InChI=1S/C11H16N2O4S2/c1-13-6-9(4-10(13)11(14)15)19(16,17)12-5-8-2-3-18-7-8/h4,6,8,12H,2-3,5,7H2,1H3,(H,14,15). The molecule has 8 heteroatoms. The monoisotopic (exact) mass is 304 g/mol. The molecule has 1 saturated heterocycles. The second kappa shape index (κ2) is 5.56. The largest absolute Gasteiger partial charge is 0.477 e. The lowest BCUT2D eigenvalue weighted by Gasteiger charge is -2.09. The Labute approximate surface area is 116 Å². The van der Waals surface area contributed by atoms with Crippen molar-refractivity contribution in [2.75, 3.05) is 18.1 Å². The summed E-state index contributed by atoms with van der Waals surface area (Å²) < 4.78 is 27.9. The number of aryl methyl sites for hydroxylation is 1. The number of carboxylic acid groups (broad SMARTS) is 1. The van der Waals surface area contributed by atoms with Gasteiger partial charge in [-0.15, -0.1) is 0 Å². The molecule has 0 bridgehead atoms. The first-order chi connectivity index (χ1) is 8.90. The van der Waals surface area contributed by atoms with Crippen molar-refractivity contribution in [3.8, 4) is 0 Å². The van der Waals surface area contributed by atoms with E-state index in [0.29, 0.717) is 12.5 Å². The molecule has 0 aliphatic carbocycles. The van der Waals surface area contributed by atoms with Gasteiger partial charge in [0.15, 0.2) is 0 Å². The maximum atomic E-state index is 12.1. The van der Waals surface area contributed by atoms with Gasteiger partial charge < -0.3 is 9.67 Å². The van der Waals surface area contributed by atoms with Gasteiger partial charge in [0.2, 0.25) is 10.0 Å². The molecule has 2 heterocycles. The normalized spacial score (nSPS) is 19.7. The summed E-state index contributed by atoms with van der Waals surface area (Å²) in [5, 5.41) is 8.91. The molecule has 2 rings (SSSR count). The quantitative estimate of drug-likeness (QED) is 0.838. The number of aromatic carboxylic acids is 1. The van der Waals surface area contributed by atoms with Crippen LogP contribution in [0.5, 0.6) is 0 Å². The molecular weight excluding hydrogens is 288 g/mol. The Morgan fingerprint density at radius 2 is 2.37 bits per heavy atom. The molecule has 1 fully saturated rings. The zero-order valence-corrected chi connectivity index (χ0v) is 12.1. The fourth-order valence-corrected chi connectivity index (χ4v) is 4.42. The highest BCUT2D eigenvalue weighted by Crippen LogP contribution is 2.23. The molecule has 6 nitrogen and oxygen atoms in total. The van der Waals surface area contributed by atoms with Crippen LogP contribution in [0.4, 0.5) is 0 Å². The maximum absolute atomic E-state index is 12.1. The Morgan fingerprint density at radius 1 is 1.63 bits per heavy atom. The van der Waals surface area contributed by atoms with Crippen molar-refractivity contribution >= 4 is 27.8 Å². The lowest BCUT2D eigenvalue weighted by molar-refractivity contribution is 0.0686. The molecule has 1 atom stereocenters. The summed E-state index contributed by atoms with van der Waals surface area (Å²) in [5.41, 5.74) is -0.0446. The average molecular weight is 304 g/mol. The molecule has 1 aromatic heterocycles. The lowest BCUT2D eigenvalue weighted by Crippen LogP contribution is -2.29. The van der Waals surface area contributed by atoms with Crippen molar-refractivity contribution in [3.05, 3.63) is 18.0 Å². The zero-order chi connectivity index (χ0) is 14.0. The summed E-state index contributed by atoms with van der Waals surface area (Å²) >= 11 is 1.82. The number of nitrogens with one attached hydrogen (secondary N) is 1. The lowest BCUT2D eigenvalue weighted by atomic mass is 10.1. The molecular formula is C11H16N2O4S2.